The van der Waals surface area contributed by atoms with Crippen molar-refractivity contribution in [2.45, 2.75) is 57.7 Å². The Morgan fingerprint density at radius 2 is 1.95 bits per heavy atom. The van der Waals surface area contributed by atoms with Crippen molar-refractivity contribution >= 4 is 23.6 Å². The predicted octanol–water partition coefficient (Wildman–Crippen LogP) is 1.40. The van der Waals surface area contributed by atoms with E-state index in [-0.39, 0.29) is 5.91 Å². The molecule has 1 rings (SSSR count). The zero-order valence-corrected chi connectivity index (χ0v) is 13.4. The number of carbonyl (C=O) groups is 2. The first-order valence-electron chi connectivity index (χ1n) is 7.19. The molecule has 1 amide bonds. The van der Waals surface area contributed by atoms with Crippen LogP contribution in [-0.2, 0) is 14.3 Å². The molecule has 0 bridgehead atoms. The second-order valence-electron chi connectivity index (χ2n) is 5.40. The number of rotatable bonds is 6. The van der Waals surface area contributed by atoms with Gasteiger partial charge < -0.3 is 15.4 Å². The molecule has 3 atom stereocenters. The average Bonchev–Trinajstić information content (AvgIpc) is 2.42. The van der Waals surface area contributed by atoms with Gasteiger partial charge in [0.05, 0.1) is 12.9 Å². The van der Waals surface area contributed by atoms with E-state index in [0.717, 1.165) is 12.8 Å². The summed E-state index contributed by atoms with van der Waals surface area (Å²) in [4.78, 5) is 25.4. The molecule has 0 saturated carbocycles. The number of hydrogen-bond acceptors (Lipinski definition) is 5. The Morgan fingerprint density at radius 3 is 2.50 bits per heavy atom. The second-order valence-corrected chi connectivity index (χ2v) is 6.51. The van der Waals surface area contributed by atoms with Crippen molar-refractivity contribution in [1.82, 2.24) is 4.90 Å². The van der Waals surface area contributed by atoms with E-state index in [1.165, 1.54) is 25.3 Å². The molecule has 0 radical (unpaired) electrons. The zero-order valence-electron chi connectivity index (χ0n) is 12.6. The summed E-state index contributed by atoms with van der Waals surface area (Å²) < 4.78 is 4.57. The van der Waals surface area contributed by atoms with Crippen LogP contribution >= 0.6 is 11.8 Å². The molecular formula is C14H26N2O3S. The van der Waals surface area contributed by atoms with E-state index in [1.54, 1.807) is 0 Å². The summed E-state index contributed by atoms with van der Waals surface area (Å²) in [7, 11) is 1.33. The third-order valence-corrected chi connectivity index (χ3v) is 4.76. The van der Waals surface area contributed by atoms with Gasteiger partial charge in [-0.15, -0.1) is 0 Å². The lowest BCUT2D eigenvalue weighted by molar-refractivity contribution is -0.142. The van der Waals surface area contributed by atoms with E-state index in [0.29, 0.717) is 30.0 Å². The molecule has 20 heavy (non-hydrogen) atoms. The van der Waals surface area contributed by atoms with Crippen LogP contribution in [0.25, 0.3) is 0 Å². The Hall–Kier alpha value is -0.750. The van der Waals surface area contributed by atoms with Crippen LogP contribution in [0.2, 0.25) is 0 Å². The second kappa shape index (κ2) is 8.52. The minimum Gasteiger partial charge on any atom is -0.468 e. The molecule has 3 unspecified atom stereocenters. The highest BCUT2D eigenvalue weighted by Gasteiger charge is 2.28. The van der Waals surface area contributed by atoms with Crippen molar-refractivity contribution in [2.75, 3.05) is 18.6 Å². The van der Waals surface area contributed by atoms with Gasteiger partial charge in [-0.1, -0.05) is 0 Å². The number of nitrogens with two attached hydrogens (primary N) is 1. The van der Waals surface area contributed by atoms with Crippen LogP contribution in [0.15, 0.2) is 0 Å². The Morgan fingerprint density at radius 1 is 1.35 bits per heavy atom. The van der Waals surface area contributed by atoms with Gasteiger partial charge in [0.2, 0.25) is 5.91 Å². The molecule has 116 valence electrons. The number of esters is 1. The van der Waals surface area contributed by atoms with Crippen molar-refractivity contribution in [3.05, 3.63) is 0 Å². The third-order valence-electron chi connectivity index (χ3n) is 3.78. The monoisotopic (exact) mass is 302 g/mol. The molecule has 1 aliphatic rings. The topological polar surface area (TPSA) is 72.6 Å². The van der Waals surface area contributed by atoms with Gasteiger partial charge in [-0.3, -0.25) is 9.59 Å². The first-order valence-corrected chi connectivity index (χ1v) is 8.35. The van der Waals surface area contributed by atoms with Crippen LogP contribution in [0.4, 0.5) is 0 Å². The molecule has 0 aliphatic carbocycles. The van der Waals surface area contributed by atoms with Gasteiger partial charge in [0.1, 0.15) is 6.04 Å². The fourth-order valence-electron chi connectivity index (χ4n) is 2.63. The molecule has 0 aromatic carbocycles. The smallest absolute Gasteiger partial charge is 0.322 e. The number of methoxy groups -OCH3 is 1. The standard InChI is InChI=1S/C14H26N2O3S/c1-10-5-4-6-11(2)16(10)13(17)9-20-8-7-12(15)14(18)19-3/h10-12H,4-9,15H2,1-3H3. The first-order chi connectivity index (χ1) is 9.47. The minimum atomic E-state index is -0.588. The van der Waals surface area contributed by atoms with E-state index in [2.05, 4.69) is 18.6 Å². The number of thioether (sulfide) groups is 1. The Labute approximate surface area is 125 Å². The summed E-state index contributed by atoms with van der Waals surface area (Å²) in [6.45, 7) is 4.23. The van der Waals surface area contributed by atoms with E-state index in [1.807, 2.05) is 4.90 Å². The molecule has 1 fully saturated rings. The highest BCUT2D eigenvalue weighted by atomic mass is 32.2. The Bertz CT molecular complexity index is 328. The number of carbonyl (C=O) groups excluding carboxylic acids is 2. The van der Waals surface area contributed by atoms with Gasteiger partial charge in [-0.05, 0) is 45.3 Å². The maximum atomic E-state index is 12.2. The number of nitrogens with zero attached hydrogens (tertiary/aromatic N) is 1. The fourth-order valence-corrected chi connectivity index (χ4v) is 3.52. The number of ether oxygens (including phenoxy) is 1. The molecule has 1 heterocycles. The number of piperidine rings is 1. The molecular weight excluding hydrogens is 276 g/mol. The number of likely N-dealkylation sites (tertiary alicyclic amines) is 1. The van der Waals surface area contributed by atoms with E-state index in [4.69, 9.17) is 5.73 Å². The van der Waals surface area contributed by atoms with Crippen LogP contribution in [-0.4, -0.2) is 53.5 Å². The summed E-state index contributed by atoms with van der Waals surface area (Å²) >= 11 is 1.54. The van der Waals surface area contributed by atoms with Crippen LogP contribution in [0.3, 0.4) is 0 Å². The molecule has 1 saturated heterocycles. The molecule has 0 aromatic heterocycles. The van der Waals surface area contributed by atoms with Gasteiger partial charge in [-0.25, -0.2) is 0 Å². The predicted molar refractivity (Wildman–Crippen MR) is 81.6 cm³/mol. The minimum absolute atomic E-state index is 0.196. The summed E-state index contributed by atoms with van der Waals surface area (Å²) in [5.41, 5.74) is 5.65. The summed E-state index contributed by atoms with van der Waals surface area (Å²) in [6.07, 6.45) is 3.92. The first kappa shape index (κ1) is 17.3. The Balaban J connectivity index is 2.27. The summed E-state index contributed by atoms with van der Waals surface area (Å²) in [5, 5.41) is 0. The zero-order chi connectivity index (χ0) is 15.1. The molecule has 6 heteroatoms. The van der Waals surface area contributed by atoms with Crippen molar-refractivity contribution in [3.8, 4) is 0 Å². The average molecular weight is 302 g/mol. The van der Waals surface area contributed by atoms with Gasteiger partial charge in [0.15, 0.2) is 0 Å². The maximum absolute atomic E-state index is 12.2. The van der Waals surface area contributed by atoms with E-state index in [9.17, 15) is 9.59 Å². The lowest BCUT2D eigenvalue weighted by Gasteiger charge is -2.39. The number of hydrogen-bond donors (Lipinski definition) is 1. The molecule has 1 aliphatic heterocycles. The van der Waals surface area contributed by atoms with E-state index >= 15 is 0 Å². The SMILES string of the molecule is COC(=O)C(N)CCSCC(=O)N1C(C)CCCC1C. The van der Waals surface area contributed by atoms with Gasteiger partial charge >= 0.3 is 5.97 Å². The summed E-state index contributed by atoms with van der Waals surface area (Å²) in [5.74, 6) is 0.956. The Kier molecular flexibility index (Phi) is 7.37. The van der Waals surface area contributed by atoms with Gasteiger partial charge in [0, 0.05) is 12.1 Å². The summed E-state index contributed by atoms with van der Waals surface area (Å²) in [6, 6.07) is 0.0868. The van der Waals surface area contributed by atoms with Gasteiger partial charge in [0.25, 0.3) is 0 Å². The van der Waals surface area contributed by atoms with Crippen LogP contribution < -0.4 is 5.73 Å². The highest BCUT2D eigenvalue weighted by molar-refractivity contribution is 7.99. The van der Waals surface area contributed by atoms with Crippen molar-refractivity contribution in [3.63, 3.8) is 0 Å². The highest BCUT2D eigenvalue weighted by Crippen LogP contribution is 2.23. The van der Waals surface area contributed by atoms with Gasteiger partial charge in [-0.2, -0.15) is 11.8 Å². The maximum Gasteiger partial charge on any atom is 0.322 e. The van der Waals surface area contributed by atoms with Crippen LogP contribution in [0.1, 0.15) is 39.5 Å². The quantitative estimate of drug-likeness (QED) is 0.593. The fraction of sp³-hybridized carbons (Fsp3) is 0.857. The largest absolute Gasteiger partial charge is 0.468 e. The van der Waals surface area contributed by atoms with Crippen LogP contribution in [0.5, 0.6) is 0 Å². The van der Waals surface area contributed by atoms with Crippen LogP contribution in [0, 0.1) is 0 Å². The molecule has 5 nitrogen and oxygen atoms in total. The van der Waals surface area contributed by atoms with E-state index < -0.39 is 12.0 Å². The molecule has 0 spiro atoms. The molecule has 2 N–H and O–H groups in total. The number of amides is 1. The molecule has 0 aromatic rings. The lowest BCUT2D eigenvalue weighted by Crippen LogP contribution is -2.48. The van der Waals surface area contributed by atoms with Crippen molar-refractivity contribution < 1.29 is 14.3 Å². The van der Waals surface area contributed by atoms with Crippen molar-refractivity contribution in [2.24, 2.45) is 5.73 Å². The third kappa shape index (κ3) is 4.98. The lowest BCUT2D eigenvalue weighted by atomic mass is 9.98. The normalized spacial score (nSPS) is 24.3. The van der Waals surface area contributed by atoms with Crippen molar-refractivity contribution in [1.29, 1.82) is 0 Å².